The molecule has 0 saturated heterocycles. The predicted octanol–water partition coefficient (Wildman–Crippen LogP) is 4.95. The molecule has 0 unspecified atom stereocenters. The summed E-state index contributed by atoms with van der Waals surface area (Å²) in [7, 11) is 0. The van der Waals surface area contributed by atoms with E-state index in [1.54, 1.807) is 18.2 Å². The SMILES string of the molecule is Cc1ccc(C(C)C)c(OCC(=O)N/N=C/c2ccc(Cl)c(Cl)c2)c1. The van der Waals surface area contributed by atoms with Gasteiger partial charge in [-0.05, 0) is 47.7 Å². The van der Waals surface area contributed by atoms with Crippen LogP contribution in [0.5, 0.6) is 5.75 Å². The highest BCUT2D eigenvalue weighted by Crippen LogP contribution is 2.27. The van der Waals surface area contributed by atoms with Crippen LogP contribution in [0.1, 0.15) is 36.5 Å². The van der Waals surface area contributed by atoms with Gasteiger partial charge in [0.25, 0.3) is 5.91 Å². The summed E-state index contributed by atoms with van der Waals surface area (Å²) in [5.74, 6) is 0.692. The summed E-state index contributed by atoms with van der Waals surface area (Å²) in [6.45, 7) is 6.04. The summed E-state index contributed by atoms with van der Waals surface area (Å²) < 4.78 is 5.65. The minimum absolute atomic E-state index is 0.109. The molecule has 1 N–H and O–H groups in total. The average molecular weight is 379 g/mol. The number of benzene rings is 2. The normalized spacial score (nSPS) is 11.1. The van der Waals surface area contributed by atoms with E-state index in [0.717, 1.165) is 22.4 Å². The molecule has 0 heterocycles. The summed E-state index contributed by atoms with van der Waals surface area (Å²) in [6, 6.07) is 11.1. The molecule has 0 aliphatic rings. The number of ether oxygens (including phenoxy) is 1. The van der Waals surface area contributed by atoms with Crippen molar-refractivity contribution >= 4 is 35.3 Å². The van der Waals surface area contributed by atoms with Crippen LogP contribution < -0.4 is 10.2 Å². The number of hydrogen-bond donors (Lipinski definition) is 1. The Hall–Kier alpha value is -2.04. The number of aryl methyl sites for hydroxylation is 1. The molecule has 0 spiro atoms. The lowest BCUT2D eigenvalue weighted by atomic mass is 10.0. The van der Waals surface area contributed by atoms with Gasteiger partial charge in [-0.15, -0.1) is 0 Å². The van der Waals surface area contributed by atoms with Crippen LogP contribution in [0.25, 0.3) is 0 Å². The van der Waals surface area contributed by atoms with Gasteiger partial charge in [0, 0.05) is 0 Å². The molecule has 2 aromatic rings. The second-order valence-corrected chi connectivity index (χ2v) is 6.77. The zero-order valence-electron chi connectivity index (χ0n) is 14.3. The Balaban J connectivity index is 1.92. The average Bonchev–Trinajstić information content (AvgIpc) is 2.56. The van der Waals surface area contributed by atoms with E-state index in [1.807, 2.05) is 25.1 Å². The minimum atomic E-state index is -0.340. The van der Waals surface area contributed by atoms with Crippen molar-refractivity contribution in [3.8, 4) is 5.75 Å². The van der Waals surface area contributed by atoms with Crippen molar-refractivity contribution in [2.75, 3.05) is 6.61 Å². The van der Waals surface area contributed by atoms with E-state index in [0.29, 0.717) is 16.0 Å². The van der Waals surface area contributed by atoms with E-state index in [-0.39, 0.29) is 12.5 Å². The molecule has 2 rings (SSSR count). The fourth-order valence-corrected chi connectivity index (χ4v) is 2.50. The zero-order chi connectivity index (χ0) is 18.4. The number of carbonyl (C=O) groups excluding carboxylic acids is 1. The molecule has 25 heavy (non-hydrogen) atoms. The van der Waals surface area contributed by atoms with Gasteiger partial charge in [-0.1, -0.05) is 55.2 Å². The molecular weight excluding hydrogens is 359 g/mol. The first-order valence-electron chi connectivity index (χ1n) is 7.87. The number of carbonyl (C=O) groups is 1. The quantitative estimate of drug-likeness (QED) is 0.570. The van der Waals surface area contributed by atoms with Gasteiger partial charge < -0.3 is 4.74 Å². The summed E-state index contributed by atoms with van der Waals surface area (Å²) in [5, 5.41) is 4.79. The monoisotopic (exact) mass is 378 g/mol. The molecule has 0 saturated carbocycles. The van der Waals surface area contributed by atoms with Gasteiger partial charge in [0.2, 0.25) is 0 Å². The molecule has 0 aliphatic heterocycles. The highest BCUT2D eigenvalue weighted by molar-refractivity contribution is 6.42. The zero-order valence-corrected chi connectivity index (χ0v) is 15.9. The standard InChI is InChI=1S/C19H20Cl2N2O2/c1-12(2)15-6-4-13(3)8-18(15)25-11-19(24)23-22-10-14-5-7-16(20)17(21)9-14/h4-10,12H,11H2,1-3H3,(H,23,24)/b22-10+. The third-order valence-corrected chi connectivity index (χ3v) is 4.24. The third-order valence-electron chi connectivity index (χ3n) is 3.50. The van der Waals surface area contributed by atoms with Crippen LogP contribution in [-0.2, 0) is 4.79 Å². The van der Waals surface area contributed by atoms with E-state index in [9.17, 15) is 4.79 Å². The van der Waals surface area contributed by atoms with Gasteiger partial charge in [-0.2, -0.15) is 5.10 Å². The Morgan fingerprint density at radius 2 is 1.96 bits per heavy atom. The van der Waals surface area contributed by atoms with Crippen molar-refractivity contribution in [1.29, 1.82) is 0 Å². The van der Waals surface area contributed by atoms with Crippen molar-refractivity contribution in [1.82, 2.24) is 5.43 Å². The Labute approximate surface area is 157 Å². The lowest BCUT2D eigenvalue weighted by molar-refractivity contribution is -0.123. The van der Waals surface area contributed by atoms with Crippen molar-refractivity contribution in [2.45, 2.75) is 26.7 Å². The summed E-state index contributed by atoms with van der Waals surface area (Å²) in [4.78, 5) is 11.9. The van der Waals surface area contributed by atoms with E-state index in [2.05, 4.69) is 24.4 Å². The molecule has 0 fully saturated rings. The van der Waals surface area contributed by atoms with Crippen LogP contribution in [0.3, 0.4) is 0 Å². The molecule has 0 aliphatic carbocycles. The van der Waals surface area contributed by atoms with Gasteiger partial charge in [0.1, 0.15) is 5.75 Å². The summed E-state index contributed by atoms with van der Waals surface area (Å²) >= 11 is 11.8. The fraction of sp³-hybridized carbons (Fsp3) is 0.263. The molecule has 4 nitrogen and oxygen atoms in total. The fourth-order valence-electron chi connectivity index (χ4n) is 2.19. The maximum absolute atomic E-state index is 11.9. The Kier molecular flexibility index (Phi) is 6.85. The Morgan fingerprint density at radius 3 is 2.64 bits per heavy atom. The van der Waals surface area contributed by atoms with E-state index >= 15 is 0 Å². The van der Waals surface area contributed by atoms with Gasteiger partial charge in [0.15, 0.2) is 6.61 Å². The number of amides is 1. The topological polar surface area (TPSA) is 50.7 Å². The summed E-state index contributed by atoms with van der Waals surface area (Å²) in [6.07, 6.45) is 1.49. The van der Waals surface area contributed by atoms with E-state index in [4.69, 9.17) is 27.9 Å². The molecule has 0 aromatic heterocycles. The first kappa shape index (κ1) is 19.3. The van der Waals surface area contributed by atoms with Crippen molar-refractivity contribution in [3.05, 3.63) is 63.1 Å². The van der Waals surface area contributed by atoms with Gasteiger partial charge in [-0.3, -0.25) is 4.79 Å². The van der Waals surface area contributed by atoms with Crippen LogP contribution in [-0.4, -0.2) is 18.7 Å². The van der Waals surface area contributed by atoms with Gasteiger partial charge in [-0.25, -0.2) is 5.43 Å². The maximum Gasteiger partial charge on any atom is 0.277 e. The number of rotatable bonds is 6. The number of nitrogens with one attached hydrogen (secondary N) is 1. The van der Waals surface area contributed by atoms with Crippen molar-refractivity contribution in [2.24, 2.45) is 5.10 Å². The van der Waals surface area contributed by atoms with Gasteiger partial charge in [0.05, 0.1) is 16.3 Å². The maximum atomic E-state index is 11.9. The molecule has 6 heteroatoms. The number of hydrazone groups is 1. The van der Waals surface area contributed by atoms with Crippen LogP contribution in [0.2, 0.25) is 10.0 Å². The Bertz CT molecular complexity index is 789. The third kappa shape index (κ3) is 5.76. The largest absolute Gasteiger partial charge is 0.483 e. The van der Waals surface area contributed by atoms with Crippen molar-refractivity contribution in [3.63, 3.8) is 0 Å². The first-order valence-corrected chi connectivity index (χ1v) is 8.62. The lowest BCUT2D eigenvalue weighted by Crippen LogP contribution is -2.25. The second kappa shape index (κ2) is 8.88. The van der Waals surface area contributed by atoms with Crippen LogP contribution in [0.4, 0.5) is 0 Å². The smallest absolute Gasteiger partial charge is 0.277 e. The molecule has 0 atom stereocenters. The highest BCUT2D eigenvalue weighted by Gasteiger charge is 2.10. The Morgan fingerprint density at radius 1 is 1.20 bits per heavy atom. The van der Waals surface area contributed by atoms with E-state index < -0.39 is 0 Å². The molecule has 132 valence electrons. The molecule has 0 bridgehead atoms. The lowest BCUT2D eigenvalue weighted by Gasteiger charge is -2.14. The molecular formula is C19H20Cl2N2O2. The summed E-state index contributed by atoms with van der Waals surface area (Å²) in [5.41, 5.74) is 5.31. The molecule has 0 radical (unpaired) electrons. The minimum Gasteiger partial charge on any atom is -0.483 e. The van der Waals surface area contributed by atoms with Crippen molar-refractivity contribution < 1.29 is 9.53 Å². The highest BCUT2D eigenvalue weighted by atomic mass is 35.5. The van der Waals surface area contributed by atoms with Crippen LogP contribution in [0, 0.1) is 6.92 Å². The number of nitrogens with zero attached hydrogens (tertiary/aromatic N) is 1. The first-order chi connectivity index (χ1) is 11.9. The predicted molar refractivity (Wildman–Crippen MR) is 103 cm³/mol. The molecule has 1 amide bonds. The van der Waals surface area contributed by atoms with Crippen LogP contribution >= 0.6 is 23.2 Å². The van der Waals surface area contributed by atoms with Gasteiger partial charge >= 0.3 is 0 Å². The van der Waals surface area contributed by atoms with Crippen LogP contribution in [0.15, 0.2) is 41.5 Å². The number of hydrogen-bond acceptors (Lipinski definition) is 3. The van der Waals surface area contributed by atoms with E-state index in [1.165, 1.54) is 6.21 Å². The second-order valence-electron chi connectivity index (χ2n) is 5.95. The molecule has 2 aromatic carbocycles. The number of halogens is 2.